The molecule has 0 aliphatic carbocycles. The van der Waals surface area contributed by atoms with E-state index >= 15 is 0 Å². The van der Waals surface area contributed by atoms with Gasteiger partial charge >= 0.3 is 0 Å². The van der Waals surface area contributed by atoms with E-state index in [9.17, 15) is 4.79 Å². The van der Waals surface area contributed by atoms with E-state index in [1.165, 1.54) is 0 Å². The molecule has 0 unspecified atom stereocenters. The van der Waals surface area contributed by atoms with Gasteiger partial charge in [-0.15, -0.1) is 0 Å². The largest absolute Gasteiger partial charge is 0.366 e. The number of nitrogens with zero attached hydrogens (tertiary/aromatic N) is 1. The van der Waals surface area contributed by atoms with Crippen molar-refractivity contribution in [3.8, 4) is 0 Å². The Morgan fingerprint density at radius 3 is 2.33 bits per heavy atom. The van der Waals surface area contributed by atoms with Gasteiger partial charge in [-0.05, 0) is 44.9 Å². The van der Waals surface area contributed by atoms with Crippen LogP contribution in [-0.2, 0) is 9.53 Å². The van der Waals surface area contributed by atoms with E-state index in [1.807, 2.05) is 18.7 Å². The second-order valence-corrected chi connectivity index (χ2v) is 6.36. The van der Waals surface area contributed by atoms with Crippen LogP contribution in [0.15, 0.2) is 0 Å². The fraction of sp³-hybridized carbons (Fsp3) is 0.933. The van der Waals surface area contributed by atoms with Crippen molar-refractivity contribution in [2.24, 2.45) is 11.8 Å². The maximum absolute atomic E-state index is 12.0. The highest BCUT2D eigenvalue weighted by atomic mass is 16.5. The number of ether oxygens (including phenoxy) is 1. The molecule has 0 aromatic carbocycles. The minimum absolute atomic E-state index is 0.152. The topological polar surface area (TPSA) is 29.5 Å². The van der Waals surface area contributed by atoms with Gasteiger partial charge < -0.3 is 9.64 Å². The number of carbonyl (C=O) groups excluding carboxylic acids is 1. The van der Waals surface area contributed by atoms with Gasteiger partial charge in [0, 0.05) is 13.1 Å². The predicted octanol–water partition coefficient (Wildman–Crippen LogP) is 3.09. The molecule has 0 aromatic heterocycles. The summed E-state index contributed by atoms with van der Waals surface area (Å²) in [6.07, 6.45) is 3.21. The average molecular weight is 255 g/mol. The average Bonchev–Trinajstić information content (AvgIpc) is 2.36. The highest BCUT2D eigenvalue weighted by Crippen LogP contribution is 2.24. The number of piperidine rings is 1. The monoisotopic (exact) mass is 255 g/mol. The van der Waals surface area contributed by atoms with Crippen molar-refractivity contribution in [1.29, 1.82) is 0 Å². The van der Waals surface area contributed by atoms with Crippen LogP contribution >= 0.6 is 0 Å². The Balaban J connectivity index is 2.32. The Morgan fingerprint density at radius 2 is 1.89 bits per heavy atom. The van der Waals surface area contributed by atoms with E-state index in [0.717, 1.165) is 44.2 Å². The summed E-state index contributed by atoms with van der Waals surface area (Å²) in [4.78, 5) is 14.0. The third-order valence-corrected chi connectivity index (χ3v) is 4.27. The van der Waals surface area contributed by atoms with Crippen molar-refractivity contribution in [3.05, 3.63) is 0 Å². The molecule has 1 amide bonds. The van der Waals surface area contributed by atoms with Gasteiger partial charge in [-0.2, -0.15) is 0 Å². The van der Waals surface area contributed by atoms with Crippen LogP contribution in [0.4, 0.5) is 0 Å². The molecule has 3 nitrogen and oxygen atoms in total. The SMILES string of the molecule is CCC(C)(C)OCC(=O)N1CCC(C(C)C)CC1. The molecular weight excluding hydrogens is 226 g/mol. The molecule has 3 heteroatoms. The summed E-state index contributed by atoms with van der Waals surface area (Å²) < 4.78 is 5.68. The summed E-state index contributed by atoms with van der Waals surface area (Å²) in [6, 6.07) is 0. The van der Waals surface area contributed by atoms with E-state index in [1.54, 1.807) is 0 Å². The molecule has 1 aliphatic heterocycles. The second kappa shape index (κ2) is 6.55. The van der Waals surface area contributed by atoms with Gasteiger partial charge in [-0.1, -0.05) is 20.8 Å². The van der Waals surface area contributed by atoms with E-state index in [-0.39, 0.29) is 18.1 Å². The summed E-state index contributed by atoms with van der Waals surface area (Å²) in [6.45, 7) is 12.7. The zero-order valence-corrected chi connectivity index (χ0v) is 12.7. The zero-order valence-electron chi connectivity index (χ0n) is 12.7. The van der Waals surface area contributed by atoms with Crippen LogP contribution in [0, 0.1) is 11.8 Å². The Morgan fingerprint density at radius 1 is 1.33 bits per heavy atom. The molecule has 1 rings (SSSR count). The molecule has 18 heavy (non-hydrogen) atoms. The molecule has 1 saturated heterocycles. The van der Waals surface area contributed by atoms with Crippen molar-refractivity contribution in [3.63, 3.8) is 0 Å². The molecule has 0 atom stereocenters. The zero-order chi connectivity index (χ0) is 13.8. The molecule has 1 fully saturated rings. The van der Waals surface area contributed by atoms with Crippen molar-refractivity contribution in [2.45, 2.75) is 59.5 Å². The molecule has 1 aliphatic rings. The van der Waals surface area contributed by atoms with Crippen LogP contribution < -0.4 is 0 Å². The third kappa shape index (κ3) is 4.60. The van der Waals surface area contributed by atoms with E-state index in [4.69, 9.17) is 4.74 Å². The number of hydrogen-bond acceptors (Lipinski definition) is 2. The first-order valence-electron chi connectivity index (χ1n) is 7.27. The standard InChI is InChI=1S/C15H29NO2/c1-6-15(4,5)18-11-14(17)16-9-7-13(8-10-16)12(2)3/h12-13H,6-11H2,1-5H3. The van der Waals surface area contributed by atoms with Crippen molar-refractivity contribution < 1.29 is 9.53 Å². The number of hydrogen-bond donors (Lipinski definition) is 0. The summed E-state index contributed by atoms with van der Waals surface area (Å²) in [5, 5.41) is 0. The summed E-state index contributed by atoms with van der Waals surface area (Å²) >= 11 is 0. The number of amides is 1. The van der Waals surface area contributed by atoms with E-state index in [2.05, 4.69) is 20.8 Å². The predicted molar refractivity (Wildman–Crippen MR) is 74.5 cm³/mol. The van der Waals surface area contributed by atoms with Gasteiger partial charge in [-0.3, -0.25) is 4.79 Å². The lowest BCUT2D eigenvalue weighted by molar-refractivity contribution is -0.143. The van der Waals surface area contributed by atoms with Gasteiger partial charge in [0.1, 0.15) is 6.61 Å². The smallest absolute Gasteiger partial charge is 0.248 e. The fourth-order valence-corrected chi connectivity index (χ4v) is 2.27. The van der Waals surface area contributed by atoms with Gasteiger partial charge in [0.15, 0.2) is 0 Å². The Kier molecular flexibility index (Phi) is 5.64. The summed E-state index contributed by atoms with van der Waals surface area (Å²) in [5.41, 5.74) is -0.189. The molecule has 0 spiro atoms. The molecule has 0 saturated carbocycles. The van der Waals surface area contributed by atoms with Gasteiger partial charge in [0.25, 0.3) is 0 Å². The lowest BCUT2D eigenvalue weighted by atomic mass is 9.87. The van der Waals surface area contributed by atoms with E-state index < -0.39 is 0 Å². The van der Waals surface area contributed by atoms with Crippen molar-refractivity contribution in [2.75, 3.05) is 19.7 Å². The Labute approximate surface area is 112 Å². The maximum Gasteiger partial charge on any atom is 0.248 e. The van der Waals surface area contributed by atoms with Crippen molar-refractivity contribution >= 4 is 5.91 Å². The van der Waals surface area contributed by atoms with Crippen LogP contribution in [0.3, 0.4) is 0 Å². The molecule has 0 bridgehead atoms. The fourth-order valence-electron chi connectivity index (χ4n) is 2.27. The lowest BCUT2D eigenvalue weighted by Gasteiger charge is -2.34. The van der Waals surface area contributed by atoms with Crippen LogP contribution in [0.2, 0.25) is 0 Å². The highest BCUT2D eigenvalue weighted by molar-refractivity contribution is 5.77. The molecule has 1 heterocycles. The van der Waals surface area contributed by atoms with Gasteiger partial charge in [-0.25, -0.2) is 0 Å². The molecule has 0 aromatic rings. The normalized spacial score (nSPS) is 18.4. The van der Waals surface area contributed by atoms with E-state index in [0.29, 0.717) is 0 Å². The Hall–Kier alpha value is -0.570. The highest BCUT2D eigenvalue weighted by Gasteiger charge is 2.25. The van der Waals surface area contributed by atoms with Crippen LogP contribution in [0.1, 0.15) is 53.9 Å². The molecule has 106 valence electrons. The minimum Gasteiger partial charge on any atom is -0.366 e. The van der Waals surface area contributed by atoms with Crippen molar-refractivity contribution in [1.82, 2.24) is 4.90 Å². The molecular formula is C15H29NO2. The number of rotatable bonds is 5. The first kappa shape index (κ1) is 15.5. The van der Waals surface area contributed by atoms with Crippen LogP contribution in [0.5, 0.6) is 0 Å². The van der Waals surface area contributed by atoms with Crippen LogP contribution in [0.25, 0.3) is 0 Å². The first-order valence-corrected chi connectivity index (χ1v) is 7.27. The maximum atomic E-state index is 12.0. The number of likely N-dealkylation sites (tertiary alicyclic amines) is 1. The molecule has 0 radical (unpaired) electrons. The minimum atomic E-state index is -0.189. The number of carbonyl (C=O) groups is 1. The quantitative estimate of drug-likeness (QED) is 0.755. The van der Waals surface area contributed by atoms with Crippen LogP contribution in [-0.4, -0.2) is 36.1 Å². The van der Waals surface area contributed by atoms with Gasteiger partial charge in [0.2, 0.25) is 5.91 Å². The lowest BCUT2D eigenvalue weighted by Crippen LogP contribution is -2.42. The summed E-state index contributed by atoms with van der Waals surface area (Å²) in [7, 11) is 0. The first-order chi connectivity index (χ1) is 8.35. The second-order valence-electron chi connectivity index (χ2n) is 6.36. The Bertz CT molecular complexity index is 266. The molecule has 0 N–H and O–H groups in total. The summed E-state index contributed by atoms with van der Waals surface area (Å²) in [5.74, 6) is 1.67. The van der Waals surface area contributed by atoms with Gasteiger partial charge in [0.05, 0.1) is 5.60 Å². The third-order valence-electron chi connectivity index (χ3n) is 4.27.